The molecule has 15 nitrogen and oxygen atoms in total. The van der Waals surface area contributed by atoms with Gasteiger partial charge in [-0.3, -0.25) is 0 Å². The molecule has 3 aromatic carbocycles. The Kier molecular flexibility index (Phi) is 5.17. The van der Waals surface area contributed by atoms with Crippen LogP contribution in [0, 0.1) is 0 Å². The summed E-state index contributed by atoms with van der Waals surface area (Å²) in [7, 11) is 0. The summed E-state index contributed by atoms with van der Waals surface area (Å²) in [5.74, 6) is -8.70. The first-order valence-corrected chi connectivity index (χ1v) is 9.60. The van der Waals surface area contributed by atoms with Gasteiger partial charge < -0.3 is 46.0 Å². The molecular weight excluding hydrogens is 486 g/mol. The van der Waals surface area contributed by atoms with Crippen LogP contribution in [0.15, 0.2) is 50.8 Å². The van der Waals surface area contributed by atoms with Crippen molar-refractivity contribution in [1.29, 1.82) is 0 Å². The van der Waals surface area contributed by atoms with Gasteiger partial charge >= 0.3 is 17.1 Å². The molecule has 186 valence electrons. The summed E-state index contributed by atoms with van der Waals surface area (Å²) >= 11 is 0. The molecule has 0 saturated heterocycles. The number of hydrogen-bond acceptors (Lipinski definition) is 12. The van der Waals surface area contributed by atoms with Crippen molar-refractivity contribution in [3.8, 4) is 68.8 Å². The molecule has 0 saturated carbocycles. The van der Waals surface area contributed by atoms with Crippen LogP contribution in [0.2, 0.25) is 0 Å². The second-order valence-electron chi connectivity index (χ2n) is 7.35. The molecule has 0 spiro atoms. The molecule has 0 unspecified atom stereocenters. The summed E-state index contributed by atoms with van der Waals surface area (Å²) in [6.45, 7) is 0. The van der Waals surface area contributed by atoms with Gasteiger partial charge in [0.05, 0.1) is 17.1 Å². The molecule has 0 bridgehead atoms. The second kappa shape index (κ2) is 7.94. The zero-order valence-corrected chi connectivity index (χ0v) is 17.6. The van der Waals surface area contributed by atoms with Gasteiger partial charge in [0, 0.05) is 36.4 Å². The Labute approximate surface area is 197 Å². The van der Waals surface area contributed by atoms with E-state index in [4.69, 9.17) is 0 Å². The highest BCUT2D eigenvalue weighted by atomic mass is 16.3. The highest BCUT2D eigenvalue weighted by molar-refractivity contribution is 5.59. The molecule has 36 heavy (non-hydrogen) atoms. The van der Waals surface area contributed by atoms with E-state index in [1.807, 2.05) is 0 Å². The smallest absolute Gasteiger partial charge is 0.345 e. The predicted octanol–water partition coefficient (Wildman–Crippen LogP) is -0.510. The van der Waals surface area contributed by atoms with E-state index in [0.717, 1.165) is 0 Å². The lowest BCUT2D eigenvalue weighted by Crippen LogP contribution is -2.52. The van der Waals surface area contributed by atoms with Crippen LogP contribution >= 0.6 is 0 Å². The molecule has 4 rings (SSSR count). The molecule has 0 amide bonds. The topological polar surface area (TPSA) is 248 Å². The van der Waals surface area contributed by atoms with Crippen molar-refractivity contribution in [1.82, 2.24) is 13.7 Å². The van der Waals surface area contributed by atoms with Crippen molar-refractivity contribution >= 4 is 0 Å². The second-order valence-corrected chi connectivity index (χ2v) is 7.35. The molecule has 1 heterocycles. The van der Waals surface area contributed by atoms with Crippen molar-refractivity contribution < 1.29 is 46.0 Å². The third kappa shape index (κ3) is 3.43. The molecule has 1 aromatic heterocycles. The number of benzene rings is 3. The van der Waals surface area contributed by atoms with E-state index in [9.17, 15) is 60.3 Å². The Morgan fingerprint density at radius 3 is 0.694 bits per heavy atom. The van der Waals surface area contributed by atoms with E-state index in [-0.39, 0.29) is 13.7 Å². The Balaban J connectivity index is 2.22. The Morgan fingerprint density at radius 2 is 0.528 bits per heavy atom. The Hall–Kier alpha value is -5.73. The maximum Gasteiger partial charge on any atom is 0.345 e. The molecule has 0 aliphatic heterocycles. The fourth-order valence-corrected chi connectivity index (χ4v) is 3.36. The van der Waals surface area contributed by atoms with Crippen LogP contribution in [0.4, 0.5) is 0 Å². The Morgan fingerprint density at radius 1 is 0.361 bits per heavy atom. The van der Waals surface area contributed by atoms with E-state index in [1.54, 1.807) is 0 Å². The fourth-order valence-electron chi connectivity index (χ4n) is 3.36. The van der Waals surface area contributed by atoms with Crippen molar-refractivity contribution in [3.05, 3.63) is 67.9 Å². The van der Waals surface area contributed by atoms with Crippen LogP contribution in [0.3, 0.4) is 0 Å². The summed E-state index contributed by atoms with van der Waals surface area (Å²) in [6, 6.07) is 4.13. The third-order valence-corrected chi connectivity index (χ3v) is 5.09. The lowest BCUT2D eigenvalue weighted by Gasteiger charge is -2.16. The minimum absolute atomic E-state index is 0.224. The first-order chi connectivity index (χ1) is 16.8. The molecule has 15 heteroatoms. The molecule has 0 radical (unpaired) electrons. The van der Waals surface area contributed by atoms with E-state index in [2.05, 4.69) is 0 Å². The number of nitrogens with zero attached hydrogens (tertiary/aromatic N) is 3. The number of phenols is 9. The van der Waals surface area contributed by atoms with Gasteiger partial charge in [-0.05, 0) is 0 Å². The highest BCUT2D eigenvalue weighted by Gasteiger charge is 2.24. The zero-order chi connectivity index (χ0) is 26.6. The maximum atomic E-state index is 13.3. The summed E-state index contributed by atoms with van der Waals surface area (Å²) in [5, 5.41) is 88.1. The van der Waals surface area contributed by atoms with Gasteiger partial charge in [-0.2, -0.15) is 0 Å². The van der Waals surface area contributed by atoms with E-state index < -0.39 is 85.9 Å². The van der Waals surface area contributed by atoms with Crippen molar-refractivity contribution in [2.45, 2.75) is 0 Å². The zero-order valence-electron chi connectivity index (χ0n) is 17.6. The van der Waals surface area contributed by atoms with Gasteiger partial charge in [0.2, 0.25) is 0 Å². The SMILES string of the molecule is O=c1n(-c2cc(O)c(O)c(O)c2)c(=O)n(-c2cc(O)c(O)c(O)c2)c(=O)n1-c1cc(O)c(O)c(O)c1. The Bertz CT molecular complexity index is 1450. The number of phenolic OH excluding ortho intramolecular Hbond substituents is 9. The number of aromatic hydroxyl groups is 9. The summed E-state index contributed by atoms with van der Waals surface area (Å²) < 4.78 is 0.673. The average molecular weight is 501 g/mol. The summed E-state index contributed by atoms with van der Waals surface area (Å²) in [6.07, 6.45) is 0. The third-order valence-electron chi connectivity index (χ3n) is 5.09. The van der Waals surface area contributed by atoms with Gasteiger partial charge in [0.1, 0.15) is 0 Å². The van der Waals surface area contributed by atoms with Crippen LogP contribution in [0.1, 0.15) is 0 Å². The van der Waals surface area contributed by atoms with Crippen LogP contribution in [0.25, 0.3) is 17.1 Å². The fraction of sp³-hybridized carbons (Fsp3) is 0. The van der Waals surface area contributed by atoms with Gasteiger partial charge in [0.25, 0.3) is 0 Å². The minimum atomic E-state index is -1.47. The molecule has 0 atom stereocenters. The standard InChI is InChI=1S/C21H15N3O12/c25-10-1-7(2-11(26)16(10)31)22-19(34)23(8-3-12(27)17(32)13(28)4-8)21(36)24(20(22)35)9-5-14(29)18(33)15(30)6-9/h1-6,25-33H. The van der Waals surface area contributed by atoms with Crippen LogP contribution in [-0.2, 0) is 0 Å². The monoisotopic (exact) mass is 501 g/mol. The molecular formula is C21H15N3O12. The minimum Gasteiger partial charge on any atom is -0.504 e. The molecule has 0 fully saturated rings. The highest BCUT2D eigenvalue weighted by Crippen LogP contribution is 2.38. The lowest BCUT2D eigenvalue weighted by atomic mass is 10.2. The van der Waals surface area contributed by atoms with Crippen LogP contribution < -0.4 is 17.1 Å². The lowest BCUT2D eigenvalue weighted by molar-refractivity contribution is 0.367. The van der Waals surface area contributed by atoms with Gasteiger partial charge in [-0.1, -0.05) is 0 Å². The van der Waals surface area contributed by atoms with Gasteiger partial charge in [0.15, 0.2) is 51.7 Å². The summed E-state index contributed by atoms with van der Waals surface area (Å²) in [5.41, 5.74) is -6.12. The van der Waals surface area contributed by atoms with Crippen LogP contribution in [-0.4, -0.2) is 59.7 Å². The number of hydrogen-bond donors (Lipinski definition) is 9. The van der Waals surface area contributed by atoms with Crippen molar-refractivity contribution in [2.75, 3.05) is 0 Å². The normalized spacial score (nSPS) is 11.0. The maximum absolute atomic E-state index is 13.3. The molecule has 9 N–H and O–H groups in total. The first kappa shape index (κ1) is 23.4. The van der Waals surface area contributed by atoms with Crippen molar-refractivity contribution in [2.24, 2.45) is 0 Å². The summed E-state index contributed by atoms with van der Waals surface area (Å²) in [4.78, 5) is 40.0. The molecule has 4 aromatic rings. The average Bonchev–Trinajstić information content (AvgIpc) is 2.79. The van der Waals surface area contributed by atoms with E-state index in [1.165, 1.54) is 0 Å². The van der Waals surface area contributed by atoms with E-state index in [0.29, 0.717) is 36.4 Å². The largest absolute Gasteiger partial charge is 0.504 e. The van der Waals surface area contributed by atoms with Gasteiger partial charge in [-0.25, -0.2) is 28.1 Å². The predicted molar refractivity (Wildman–Crippen MR) is 118 cm³/mol. The van der Waals surface area contributed by atoms with E-state index >= 15 is 0 Å². The quantitative estimate of drug-likeness (QED) is 0.161. The van der Waals surface area contributed by atoms with Crippen LogP contribution in [0.5, 0.6) is 51.7 Å². The van der Waals surface area contributed by atoms with Crippen molar-refractivity contribution in [3.63, 3.8) is 0 Å². The van der Waals surface area contributed by atoms with Gasteiger partial charge in [-0.15, -0.1) is 0 Å². The number of aromatic nitrogens is 3. The first-order valence-electron chi connectivity index (χ1n) is 9.60. The molecule has 0 aliphatic carbocycles. The number of rotatable bonds is 3. The molecule has 0 aliphatic rings.